The molecular formula is C12H13FN2O. The zero-order chi connectivity index (χ0) is 11.5. The number of anilines is 1. The summed E-state index contributed by atoms with van der Waals surface area (Å²) in [5.41, 5.74) is 1.60. The molecule has 0 radical (unpaired) electrons. The Hall–Kier alpha value is -1.84. The normalized spacial score (nSPS) is 10.4. The molecule has 0 saturated carbocycles. The molecule has 16 heavy (non-hydrogen) atoms. The van der Waals surface area contributed by atoms with Gasteiger partial charge in [-0.2, -0.15) is 0 Å². The molecular weight excluding hydrogens is 207 g/mol. The van der Waals surface area contributed by atoms with Gasteiger partial charge in [0.05, 0.1) is 12.2 Å². The van der Waals surface area contributed by atoms with Crippen LogP contribution in [0.2, 0.25) is 0 Å². The maximum Gasteiger partial charge on any atom is 0.213 e. The lowest BCUT2D eigenvalue weighted by Crippen LogP contribution is -1.99. The van der Waals surface area contributed by atoms with Gasteiger partial charge < -0.3 is 9.73 Å². The molecule has 2 aromatic rings. The summed E-state index contributed by atoms with van der Waals surface area (Å²) in [5, 5.41) is 3.05. The van der Waals surface area contributed by atoms with Gasteiger partial charge in [0.1, 0.15) is 11.6 Å². The number of hydrogen-bond donors (Lipinski definition) is 1. The van der Waals surface area contributed by atoms with Gasteiger partial charge in [0, 0.05) is 5.69 Å². The van der Waals surface area contributed by atoms with Crippen molar-refractivity contribution in [1.29, 1.82) is 0 Å². The third-order valence-corrected chi connectivity index (χ3v) is 2.34. The molecule has 1 aromatic heterocycles. The van der Waals surface area contributed by atoms with E-state index in [9.17, 15) is 4.39 Å². The first-order chi connectivity index (χ1) is 7.65. The van der Waals surface area contributed by atoms with Gasteiger partial charge in [0.15, 0.2) is 0 Å². The maximum atomic E-state index is 12.9. The fourth-order valence-corrected chi connectivity index (χ4v) is 1.39. The van der Waals surface area contributed by atoms with Crippen molar-refractivity contribution in [2.75, 3.05) is 5.32 Å². The number of nitrogens with zero attached hydrogens (tertiary/aromatic N) is 1. The van der Waals surface area contributed by atoms with Crippen molar-refractivity contribution in [1.82, 2.24) is 4.98 Å². The van der Waals surface area contributed by atoms with Crippen molar-refractivity contribution in [2.24, 2.45) is 0 Å². The van der Waals surface area contributed by atoms with Gasteiger partial charge in [-0.05, 0) is 32.0 Å². The van der Waals surface area contributed by atoms with Gasteiger partial charge in [-0.3, -0.25) is 0 Å². The van der Waals surface area contributed by atoms with Crippen LogP contribution < -0.4 is 5.32 Å². The highest BCUT2D eigenvalue weighted by Gasteiger charge is 2.04. The zero-order valence-electron chi connectivity index (χ0n) is 9.25. The summed E-state index contributed by atoms with van der Waals surface area (Å²) in [4.78, 5) is 4.22. The van der Waals surface area contributed by atoms with Crippen LogP contribution in [0.25, 0.3) is 0 Å². The van der Waals surface area contributed by atoms with Crippen molar-refractivity contribution in [3.8, 4) is 0 Å². The van der Waals surface area contributed by atoms with Crippen LogP contribution in [0.15, 0.2) is 28.7 Å². The molecule has 0 amide bonds. The van der Waals surface area contributed by atoms with Crippen LogP contribution in [-0.4, -0.2) is 4.98 Å². The van der Waals surface area contributed by atoms with E-state index >= 15 is 0 Å². The lowest BCUT2D eigenvalue weighted by atomic mass is 10.3. The fraction of sp³-hybridized carbons (Fsp3) is 0.250. The van der Waals surface area contributed by atoms with E-state index in [1.54, 1.807) is 12.1 Å². The molecule has 84 valence electrons. The zero-order valence-corrected chi connectivity index (χ0v) is 9.25. The number of oxazole rings is 1. The Morgan fingerprint density at radius 2 is 2.19 bits per heavy atom. The Bertz CT molecular complexity index is 474. The van der Waals surface area contributed by atoms with E-state index in [4.69, 9.17) is 4.42 Å². The highest BCUT2D eigenvalue weighted by molar-refractivity contribution is 5.42. The second kappa shape index (κ2) is 4.35. The molecule has 0 aliphatic carbocycles. The second-order valence-corrected chi connectivity index (χ2v) is 3.61. The highest BCUT2D eigenvalue weighted by atomic mass is 19.1. The standard InChI is InChI=1S/C12H13FN2O/c1-8-9(2)16-12(15-8)7-14-11-5-3-4-10(13)6-11/h3-6,14H,7H2,1-2H3. The number of rotatable bonds is 3. The van der Waals surface area contributed by atoms with Gasteiger partial charge in [-0.1, -0.05) is 6.07 Å². The van der Waals surface area contributed by atoms with Crippen LogP contribution in [0.5, 0.6) is 0 Å². The molecule has 3 nitrogen and oxygen atoms in total. The first-order valence-corrected chi connectivity index (χ1v) is 5.07. The van der Waals surface area contributed by atoms with Gasteiger partial charge in [0.25, 0.3) is 0 Å². The van der Waals surface area contributed by atoms with Crippen molar-refractivity contribution >= 4 is 5.69 Å². The number of nitrogens with one attached hydrogen (secondary N) is 1. The van der Waals surface area contributed by atoms with Crippen LogP contribution in [-0.2, 0) is 6.54 Å². The Balaban J connectivity index is 2.02. The van der Waals surface area contributed by atoms with Crippen LogP contribution >= 0.6 is 0 Å². The highest BCUT2D eigenvalue weighted by Crippen LogP contribution is 2.12. The first kappa shape index (κ1) is 10.7. The smallest absolute Gasteiger partial charge is 0.213 e. The lowest BCUT2D eigenvalue weighted by Gasteiger charge is -2.02. The van der Waals surface area contributed by atoms with E-state index in [2.05, 4.69) is 10.3 Å². The molecule has 1 aromatic carbocycles. The van der Waals surface area contributed by atoms with E-state index < -0.39 is 0 Å². The Morgan fingerprint density at radius 3 is 2.81 bits per heavy atom. The summed E-state index contributed by atoms with van der Waals surface area (Å²) in [6.07, 6.45) is 0. The Kier molecular flexibility index (Phi) is 2.90. The first-order valence-electron chi connectivity index (χ1n) is 5.07. The minimum absolute atomic E-state index is 0.259. The van der Waals surface area contributed by atoms with E-state index in [0.29, 0.717) is 18.1 Å². The molecule has 2 rings (SSSR count). The van der Waals surface area contributed by atoms with Gasteiger partial charge in [-0.25, -0.2) is 9.37 Å². The third-order valence-electron chi connectivity index (χ3n) is 2.34. The Labute approximate surface area is 93.3 Å². The van der Waals surface area contributed by atoms with E-state index in [0.717, 1.165) is 11.5 Å². The molecule has 0 aliphatic rings. The summed E-state index contributed by atoms with van der Waals surface area (Å²) in [6.45, 7) is 4.22. The van der Waals surface area contributed by atoms with E-state index in [1.807, 2.05) is 13.8 Å². The summed E-state index contributed by atoms with van der Waals surface area (Å²) in [6, 6.07) is 6.29. The van der Waals surface area contributed by atoms with Crippen molar-refractivity contribution < 1.29 is 8.81 Å². The molecule has 0 saturated heterocycles. The molecule has 1 N–H and O–H groups in total. The van der Waals surface area contributed by atoms with Crippen LogP contribution in [0.3, 0.4) is 0 Å². The monoisotopic (exact) mass is 220 g/mol. The molecule has 0 aliphatic heterocycles. The third kappa shape index (κ3) is 2.39. The van der Waals surface area contributed by atoms with Gasteiger partial charge >= 0.3 is 0 Å². The molecule has 0 atom stereocenters. The Morgan fingerprint density at radius 1 is 1.38 bits per heavy atom. The van der Waals surface area contributed by atoms with Crippen LogP contribution in [0.4, 0.5) is 10.1 Å². The average molecular weight is 220 g/mol. The largest absolute Gasteiger partial charge is 0.444 e. The molecule has 4 heteroatoms. The molecule has 1 heterocycles. The molecule has 0 bridgehead atoms. The summed E-state index contributed by atoms with van der Waals surface area (Å²) in [7, 11) is 0. The minimum atomic E-state index is -0.259. The quantitative estimate of drug-likeness (QED) is 0.863. The predicted octanol–water partition coefficient (Wildman–Crippen LogP) is 3.04. The number of aryl methyl sites for hydroxylation is 2. The summed E-state index contributed by atoms with van der Waals surface area (Å²) >= 11 is 0. The van der Waals surface area contributed by atoms with Crippen LogP contribution in [0.1, 0.15) is 17.3 Å². The number of halogens is 1. The molecule has 0 fully saturated rings. The summed E-state index contributed by atoms with van der Waals surface area (Å²) in [5.74, 6) is 1.17. The van der Waals surface area contributed by atoms with Crippen LogP contribution in [0, 0.1) is 19.7 Å². The average Bonchev–Trinajstić information content (AvgIpc) is 2.56. The van der Waals surface area contributed by atoms with Crippen molar-refractivity contribution in [2.45, 2.75) is 20.4 Å². The SMILES string of the molecule is Cc1nc(CNc2cccc(F)c2)oc1C. The van der Waals surface area contributed by atoms with E-state index in [1.165, 1.54) is 12.1 Å². The lowest BCUT2D eigenvalue weighted by molar-refractivity contribution is 0.478. The fourth-order valence-electron chi connectivity index (χ4n) is 1.39. The topological polar surface area (TPSA) is 38.1 Å². The molecule has 0 spiro atoms. The summed E-state index contributed by atoms with van der Waals surface area (Å²) < 4.78 is 18.3. The number of aromatic nitrogens is 1. The maximum absolute atomic E-state index is 12.9. The van der Waals surface area contributed by atoms with Gasteiger partial charge in [0.2, 0.25) is 5.89 Å². The van der Waals surface area contributed by atoms with Crippen molar-refractivity contribution in [3.63, 3.8) is 0 Å². The van der Waals surface area contributed by atoms with Crippen molar-refractivity contribution in [3.05, 3.63) is 47.4 Å². The minimum Gasteiger partial charge on any atom is -0.444 e. The second-order valence-electron chi connectivity index (χ2n) is 3.61. The number of hydrogen-bond acceptors (Lipinski definition) is 3. The number of benzene rings is 1. The van der Waals surface area contributed by atoms with E-state index in [-0.39, 0.29) is 5.82 Å². The molecule has 0 unspecified atom stereocenters. The van der Waals surface area contributed by atoms with Gasteiger partial charge in [-0.15, -0.1) is 0 Å². The predicted molar refractivity (Wildman–Crippen MR) is 59.7 cm³/mol.